The highest BCUT2D eigenvalue weighted by molar-refractivity contribution is 6.01. The Morgan fingerprint density at radius 1 is 1.00 bits per heavy atom. The first-order valence-electron chi connectivity index (χ1n) is 11.9. The number of likely N-dealkylation sites (N-methyl/N-ethyl adjacent to an activating group) is 2. The van der Waals surface area contributed by atoms with E-state index in [1.165, 1.54) is 0 Å². The number of amides is 1. The molecule has 2 bridgehead atoms. The molecule has 1 amide bonds. The van der Waals surface area contributed by atoms with E-state index in [1.807, 2.05) is 24.5 Å². The topological polar surface area (TPSA) is 71.6 Å². The summed E-state index contributed by atoms with van der Waals surface area (Å²) in [6.45, 7) is 5.97. The molecule has 3 aliphatic heterocycles. The third-order valence-corrected chi connectivity index (χ3v) is 7.56. The minimum atomic E-state index is 0.116. The first kappa shape index (κ1) is 20.6. The van der Waals surface area contributed by atoms with E-state index >= 15 is 0 Å². The number of rotatable bonds is 3. The molecule has 8 nitrogen and oxygen atoms in total. The minimum absolute atomic E-state index is 0.116. The second-order valence-corrected chi connectivity index (χ2v) is 9.83. The van der Waals surface area contributed by atoms with Gasteiger partial charge in [0, 0.05) is 80.9 Å². The van der Waals surface area contributed by atoms with Crippen molar-refractivity contribution in [2.45, 2.75) is 24.9 Å². The van der Waals surface area contributed by atoms with Gasteiger partial charge in [-0.3, -0.25) is 4.79 Å². The van der Waals surface area contributed by atoms with Crippen LogP contribution in [0.4, 0.5) is 5.82 Å². The molecule has 2 unspecified atom stereocenters. The zero-order valence-electron chi connectivity index (χ0n) is 19.4. The molecule has 172 valence electrons. The van der Waals surface area contributed by atoms with E-state index in [9.17, 15) is 4.79 Å². The minimum Gasteiger partial charge on any atom is -0.354 e. The van der Waals surface area contributed by atoms with Crippen molar-refractivity contribution in [1.29, 1.82) is 0 Å². The number of carbonyl (C=O) groups excluding carboxylic acids is 1. The van der Waals surface area contributed by atoms with Crippen LogP contribution in [0.3, 0.4) is 0 Å². The summed E-state index contributed by atoms with van der Waals surface area (Å²) in [5.74, 6) is 1.12. The molecule has 0 radical (unpaired) electrons. The van der Waals surface area contributed by atoms with Crippen molar-refractivity contribution in [3.63, 3.8) is 0 Å². The lowest BCUT2D eigenvalue weighted by atomic mass is 10.0. The van der Waals surface area contributed by atoms with E-state index in [1.54, 1.807) is 6.20 Å². The fraction of sp³-hybridized carbons (Fsp3) is 0.480. The smallest absolute Gasteiger partial charge is 0.256 e. The molecule has 33 heavy (non-hydrogen) atoms. The molecule has 0 aliphatic carbocycles. The molecule has 0 aromatic carbocycles. The lowest BCUT2D eigenvalue weighted by Gasteiger charge is -2.39. The largest absolute Gasteiger partial charge is 0.354 e. The van der Waals surface area contributed by atoms with Crippen molar-refractivity contribution in [3.05, 3.63) is 42.4 Å². The van der Waals surface area contributed by atoms with Gasteiger partial charge in [0.2, 0.25) is 0 Å². The standard InChI is InChI=1S/C25H31N7O/c1-29-7-9-31(10-8-29)23-12-17(5-6-26-23)22-14-28-24-21(22)11-18(13-27-24)25(33)32-19-3-4-20(32)16-30(2)15-19/h5-6,11-14,19-20H,3-4,7-10,15-16H2,1-2H3,(H,27,28). The van der Waals surface area contributed by atoms with Crippen LogP contribution >= 0.6 is 0 Å². The summed E-state index contributed by atoms with van der Waals surface area (Å²) in [6.07, 6.45) is 7.79. The van der Waals surface area contributed by atoms with Crippen LogP contribution in [0.15, 0.2) is 36.8 Å². The summed E-state index contributed by atoms with van der Waals surface area (Å²) in [5, 5.41) is 0.984. The Labute approximate surface area is 194 Å². The molecule has 0 saturated carbocycles. The zero-order chi connectivity index (χ0) is 22.5. The second kappa shape index (κ2) is 8.11. The number of nitrogens with zero attached hydrogens (tertiary/aromatic N) is 6. The van der Waals surface area contributed by atoms with Crippen LogP contribution in [0.5, 0.6) is 0 Å². The van der Waals surface area contributed by atoms with E-state index < -0.39 is 0 Å². The van der Waals surface area contributed by atoms with Crippen molar-refractivity contribution >= 4 is 22.8 Å². The molecular formula is C25H31N7O. The average Bonchev–Trinajstić information content (AvgIpc) is 3.37. The fourth-order valence-electron chi connectivity index (χ4n) is 5.75. The highest BCUT2D eigenvalue weighted by Gasteiger charge is 2.41. The number of fused-ring (bicyclic) bond motifs is 3. The Balaban J connectivity index is 1.31. The van der Waals surface area contributed by atoms with Crippen molar-refractivity contribution in [2.24, 2.45) is 0 Å². The lowest BCUT2D eigenvalue weighted by molar-refractivity contribution is 0.0472. The van der Waals surface area contributed by atoms with E-state index in [0.717, 1.165) is 80.1 Å². The van der Waals surface area contributed by atoms with Crippen LogP contribution in [0, 0.1) is 0 Å². The van der Waals surface area contributed by atoms with Crippen LogP contribution in [0.2, 0.25) is 0 Å². The van der Waals surface area contributed by atoms with Gasteiger partial charge >= 0.3 is 0 Å². The van der Waals surface area contributed by atoms with Gasteiger partial charge in [0.1, 0.15) is 11.5 Å². The Hall–Kier alpha value is -2.97. The first-order chi connectivity index (χ1) is 16.1. The number of anilines is 1. The van der Waals surface area contributed by atoms with Gasteiger partial charge in [0.25, 0.3) is 5.91 Å². The summed E-state index contributed by atoms with van der Waals surface area (Å²) in [4.78, 5) is 35.2. The number of aromatic amines is 1. The van der Waals surface area contributed by atoms with E-state index in [2.05, 4.69) is 54.7 Å². The number of hydrogen-bond donors (Lipinski definition) is 1. The zero-order valence-corrected chi connectivity index (χ0v) is 19.4. The van der Waals surface area contributed by atoms with Crippen molar-refractivity contribution in [2.75, 3.05) is 58.3 Å². The molecule has 3 aliphatic rings. The normalized spacial score (nSPS) is 24.1. The number of carbonyl (C=O) groups is 1. The number of hydrogen-bond acceptors (Lipinski definition) is 6. The number of likely N-dealkylation sites (tertiary alicyclic amines) is 1. The molecule has 3 saturated heterocycles. The van der Waals surface area contributed by atoms with Crippen molar-refractivity contribution in [1.82, 2.24) is 29.7 Å². The van der Waals surface area contributed by atoms with Crippen molar-refractivity contribution < 1.29 is 4.79 Å². The number of H-pyrrole nitrogens is 1. The maximum atomic E-state index is 13.5. The number of piperazine rings is 2. The lowest BCUT2D eigenvalue weighted by Crippen LogP contribution is -2.54. The predicted octanol–water partition coefficient (Wildman–Crippen LogP) is 2.30. The molecule has 8 heteroatoms. The molecule has 2 atom stereocenters. The summed E-state index contributed by atoms with van der Waals surface area (Å²) in [6, 6.07) is 6.84. The van der Waals surface area contributed by atoms with Crippen molar-refractivity contribution in [3.8, 4) is 11.1 Å². The van der Waals surface area contributed by atoms with Gasteiger partial charge in [0.05, 0.1) is 5.56 Å². The number of nitrogens with one attached hydrogen (secondary N) is 1. The van der Waals surface area contributed by atoms with Gasteiger partial charge in [0.15, 0.2) is 0 Å². The second-order valence-electron chi connectivity index (χ2n) is 9.83. The van der Waals surface area contributed by atoms with Gasteiger partial charge in [-0.1, -0.05) is 0 Å². The Kier molecular flexibility index (Phi) is 5.07. The number of aromatic nitrogens is 3. The van der Waals surface area contributed by atoms with Gasteiger partial charge in [-0.25, -0.2) is 9.97 Å². The molecule has 3 fully saturated rings. The molecule has 6 heterocycles. The predicted molar refractivity (Wildman–Crippen MR) is 130 cm³/mol. The Morgan fingerprint density at radius 3 is 2.52 bits per heavy atom. The molecule has 6 rings (SSSR count). The number of pyridine rings is 2. The van der Waals surface area contributed by atoms with Gasteiger partial charge in [-0.2, -0.15) is 0 Å². The van der Waals surface area contributed by atoms with Crippen LogP contribution < -0.4 is 4.90 Å². The third-order valence-electron chi connectivity index (χ3n) is 7.56. The monoisotopic (exact) mass is 445 g/mol. The van der Waals surface area contributed by atoms with Gasteiger partial charge in [-0.05, 0) is 50.7 Å². The third kappa shape index (κ3) is 3.67. The summed E-state index contributed by atoms with van der Waals surface area (Å²) < 4.78 is 0. The highest BCUT2D eigenvalue weighted by Crippen LogP contribution is 2.33. The SMILES string of the molecule is CN1CCN(c2cc(-c3c[nH]c4ncc(C(=O)N5C6CCC5CN(C)C6)cc34)ccn2)CC1. The quantitative estimate of drug-likeness (QED) is 0.667. The molecule has 3 aromatic heterocycles. The van der Waals surface area contributed by atoms with E-state index in [4.69, 9.17) is 0 Å². The van der Waals surface area contributed by atoms with Gasteiger partial charge < -0.3 is 24.6 Å². The average molecular weight is 446 g/mol. The molecule has 0 spiro atoms. The Morgan fingerprint density at radius 2 is 1.76 bits per heavy atom. The van der Waals surface area contributed by atoms with Crippen LogP contribution in [0.1, 0.15) is 23.2 Å². The van der Waals surface area contributed by atoms with E-state index in [-0.39, 0.29) is 5.91 Å². The highest BCUT2D eigenvalue weighted by atomic mass is 16.2. The maximum Gasteiger partial charge on any atom is 0.256 e. The molecular weight excluding hydrogens is 414 g/mol. The van der Waals surface area contributed by atoms with E-state index in [0.29, 0.717) is 17.6 Å². The Bertz CT molecular complexity index is 1170. The molecule has 3 aromatic rings. The summed E-state index contributed by atoms with van der Waals surface area (Å²) >= 11 is 0. The van der Waals surface area contributed by atoms with Gasteiger partial charge in [-0.15, -0.1) is 0 Å². The molecule has 1 N–H and O–H groups in total. The summed E-state index contributed by atoms with van der Waals surface area (Å²) in [5.41, 5.74) is 3.64. The maximum absolute atomic E-state index is 13.5. The fourth-order valence-corrected chi connectivity index (χ4v) is 5.75. The van der Waals surface area contributed by atoms with Crippen LogP contribution in [-0.4, -0.2) is 101 Å². The van der Waals surface area contributed by atoms with Crippen LogP contribution in [-0.2, 0) is 0 Å². The van der Waals surface area contributed by atoms with Crippen LogP contribution in [0.25, 0.3) is 22.2 Å². The summed E-state index contributed by atoms with van der Waals surface area (Å²) in [7, 11) is 4.31. The first-order valence-corrected chi connectivity index (χ1v) is 11.9.